The number of primary amides is 1. The van der Waals surface area contributed by atoms with E-state index >= 15 is 0 Å². The van der Waals surface area contributed by atoms with Crippen molar-refractivity contribution in [3.8, 4) is 11.8 Å². The van der Waals surface area contributed by atoms with E-state index in [-0.39, 0.29) is 25.2 Å². The molecule has 2 atom stereocenters. The number of carbonyl (C=O) groups is 2. The molecule has 0 bridgehead atoms. The van der Waals surface area contributed by atoms with Gasteiger partial charge in [-0.05, 0) is 18.4 Å². The van der Waals surface area contributed by atoms with Crippen molar-refractivity contribution in [2.24, 2.45) is 5.73 Å². The van der Waals surface area contributed by atoms with E-state index in [1.165, 1.54) is 0 Å². The number of hydrogen-bond acceptors (Lipinski definition) is 4. The molecule has 1 aromatic carbocycles. The summed E-state index contributed by atoms with van der Waals surface area (Å²) in [5, 5.41) is 10.2. The number of benzene rings is 1. The summed E-state index contributed by atoms with van der Waals surface area (Å²) < 4.78 is 4.98. The summed E-state index contributed by atoms with van der Waals surface area (Å²) in [6, 6.07) is 9.71. The molecule has 0 spiro atoms. The number of amides is 2. The van der Waals surface area contributed by atoms with Gasteiger partial charge in [-0.3, -0.25) is 9.59 Å². The van der Waals surface area contributed by atoms with Crippen LogP contribution in [-0.2, 0) is 20.7 Å². The molecule has 2 amide bonds. The zero-order valence-corrected chi connectivity index (χ0v) is 15.3. The first-order valence-electron chi connectivity index (χ1n) is 9.08. The van der Waals surface area contributed by atoms with Crippen LogP contribution in [0.15, 0.2) is 42.5 Å². The van der Waals surface area contributed by atoms with E-state index < -0.39 is 12.0 Å². The molecule has 1 aromatic rings. The Bertz CT molecular complexity index is 706. The molecular formula is C21H26N2O4. The van der Waals surface area contributed by atoms with Crippen LogP contribution in [0.25, 0.3) is 0 Å². The Morgan fingerprint density at radius 2 is 2.15 bits per heavy atom. The molecule has 6 heteroatoms. The van der Waals surface area contributed by atoms with Crippen LogP contribution in [0.4, 0.5) is 0 Å². The lowest BCUT2D eigenvalue weighted by molar-refractivity contribution is -0.134. The molecule has 0 saturated carbocycles. The number of ether oxygens (including phenoxy) is 1. The van der Waals surface area contributed by atoms with Gasteiger partial charge in [0, 0.05) is 12.8 Å². The van der Waals surface area contributed by atoms with Crippen LogP contribution < -0.4 is 5.73 Å². The summed E-state index contributed by atoms with van der Waals surface area (Å²) in [5.41, 5.74) is 6.04. The van der Waals surface area contributed by atoms with Crippen LogP contribution in [0.3, 0.4) is 0 Å². The van der Waals surface area contributed by atoms with E-state index in [0.717, 1.165) is 18.4 Å². The van der Waals surface area contributed by atoms with Crippen molar-refractivity contribution in [3.05, 3.63) is 48.0 Å². The number of nitrogens with two attached hydrogens (primary N) is 1. The van der Waals surface area contributed by atoms with E-state index in [9.17, 15) is 14.7 Å². The Labute approximate surface area is 160 Å². The van der Waals surface area contributed by atoms with Gasteiger partial charge in [-0.15, -0.1) is 0 Å². The highest BCUT2D eigenvalue weighted by atomic mass is 16.5. The van der Waals surface area contributed by atoms with Crippen LogP contribution in [0.5, 0.6) is 0 Å². The molecule has 2 rings (SSSR count). The average molecular weight is 370 g/mol. The number of piperidine rings is 1. The number of carbonyl (C=O) groups excluding carboxylic acids is 2. The van der Waals surface area contributed by atoms with Gasteiger partial charge in [0.25, 0.3) is 0 Å². The molecule has 3 N–H and O–H groups in total. The highest BCUT2D eigenvalue weighted by molar-refractivity contribution is 5.78. The maximum absolute atomic E-state index is 12.2. The topological polar surface area (TPSA) is 92.9 Å². The highest BCUT2D eigenvalue weighted by Crippen LogP contribution is 2.19. The lowest BCUT2D eigenvalue weighted by atomic mass is 9.99. The fraction of sp³-hybridized carbons (Fsp3) is 0.429. The van der Waals surface area contributed by atoms with Crippen LogP contribution in [0.1, 0.15) is 24.8 Å². The molecule has 0 aromatic heterocycles. The fourth-order valence-corrected chi connectivity index (χ4v) is 2.93. The van der Waals surface area contributed by atoms with E-state index in [1.807, 2.05) is 36.4 Å². The van der Waals surface area contributed by atoms with E-state index in [0.29, 0.717) is 19.4 Å². The predicted molar refractivity (Wildman–Crippen MR) is 102 cm³/mol. The van der Waals surface area contributed by atoms with E-state index in [2.05, 4.69) is 11.8 Å². The summed E-state index contributed by atoms with van der Waals surface area (Å²) in [6.07, 6.45) is 5.78. The Balaban J connectivity index is 1.87. The van der Waals surface area contributed by atoms with Gasteiger partial charge in [0.1, 0.15) is 13.2 Å². The van der Waals surface area contributed by atoms with E-state index in [1.54, 1.807) is 11.0 Å². The molecule has 144 valence electrons. The minimum absolute atomic E-state index is 0.0563. The summed E-state index contributed by atoms with van der Waals surface area (Å²) in [6.45, 7) is 0.228. The fourth-order valence-electron chi connectivity index (χ4n) is 2.93. The number of aliphatic hydroxyl groups excluding tert-OH is 1. The number of aliphatic hydroxyl groups is 1. The number of likely N-dealkylation sites (tertiary alicyclic amines) is 1. The molecule has 1 heterocycles. The number of nitrogens with zero attached hydrogens (tertiary/aromatic N) is 1. The molecule has 0 aliphatic carbocycles. The van der Waals surface area contributed by atoms with Crippen molar-refractivity contribution in [3.63, 3.8) is 0 Å². The summed E-state index contributed by atoms with van der Waals surface area (Å²) in [5.74, 6) is 5.19. The Hall–Kier alpha value is -2.62. The van der Waals surface area contributed by atoms with Gasteiger partial charge in [0.15, 0.2) is 0 Å². The first-order valence-corrected chi connectivity index (χ1v) is 9.08. The van der Waals surface area contributed by atoms with Crippen LogP contribution in [0, 0.1) is 11.8 Å². The molecular weight excluding hydrogens is 344 g/mol. The smallest absolute Gasteiger partial charge is 0.243 e. The van der Waals surface area contributed by atoms with Crippen LogP contribution in [-0.4, -0.2) is 53.7 Å². The predicted octanol–water partition coefficient (Wildman–Crippen LogP) is 1.03. The van der Waals surface area contributed by atoms with Gasteiger partial charge in [0.2, 0.25) is 11.8 Å². The standard InChI is InChI=1S/C21H26N2O4/c22-20(25)16-27-14-5-4-13-23-18(9-6-10-21(23)26)11-12-19(24)15-17-7-2-1-3-8-17/h1-3,7-8,11-12,18-19,24H,6,9-10,13-16H2,(H2,22,25)/t18?,19-/m0/s1. The molecule has 6 nitrogen and oxygen atoms in total. The monoisotopic (exact) mass is 370 g/mol. The van der Waals surface area contributed by atoms with Gasteiger partial charge in [-0.25, -0.2) is 0 Å². The summed E-state index contributed by atoms with van der Waals surface area (Å²) in [7, 11) is 0. The van der Waals surface area contributed by atoms with Crippen molar-refractivity contribution in [2.45, 2.75) is 37.8 Å². The molecule has 27 heavy (non-hydrogen) atoms. The van der Waals surface area contributed by atoms with Gasteiger partial charge in [0.05, 0.1) is 18.7 Å². The van der Waals surface area contributed by atoms with E-state index in [4.69, 9.17) is 10.5 Å². The van der Waals surface area contributed by atoms with Gasteiger partial charge >= 0.3 is 0 Å². The van der Waals surface area contributed by atoms with Crippen molar-refractivity contribution >= 4 is 11.8 Å². The first kappa shape index (κ1) is 20.7. The summed E-state index contributed by atoms with van der Waals surface area (Å²) >= 11 is 0. The maximum Gasteiger partial charge on any atom is 0.243 e. The number of hydrogen-bond donors (Lipinski definition) is 2. The molecule has 1 aliphatic rings. The van der Waals surface area contributed by atoms with Gasteiger partial charge < -0.3 is 20.5 Å². The van der Waals surface area contributed by atoms with Crippen molar-refractivity contribution < 1.29 is 19.4 Å². The SMILES string of the molecule is NC(=O)COCC#CCN1C(=O)CCCC1C=C[C@H](O)Cc1ccccc1. The Morgan fingerprint density at radius 3 is 2.89 bits per heavy atom. The molecule has 1 aliphatic heterocycles. The quantitative estimate of drug-likeness (QED) is 0.406. The second kappa shape index (κ2) is 11.2. The summed E-state index contributed by atoms with van der Waals surface area (Å²) in [4.78, 5) is 24.5. The second-order valence-corrected chi connectivity index (χ2v) is 6.44. The van der Waals surface area contributed by atoms with Crippen molar-refractivity contribution in [2.75, 3.05) is 19.8 Å². The molecule has 0 radical (unpaired) electrons. The minimum atomic E-state index is -0.598. The lowest BCUT2D eigenvalue weighted by Crippen LogP contribution is -2.42. The van der Waals surface area contributed by atoms with Crippen LogP contribution >= 0.6 is 0 Å². The molecule has 1 fully saturated rings. The normalized spacial score (nSPS) is 18.2. The van der Waals surface area contributed by atoms with Crippen molar-refractivity contribution in [1.29, 1.82) is 0 Å². The Kier molecular flexibility index (Phi) is 8.56. The average Bonchev–Trinajstić information content (AvgIpc) is 2.65. The maximum atomic E-state index is 12.2. The molecule has 1 saturated heterocycles. The van der Waals surface area contributed by atoms with Gasteiger partial charge in [-0.2, -0.15) is 0 Å². The molecule has 1 unspecified atom stereocenters. The highest BCUT2D eigenvalue weighted by Gasteiger charge is 2.25. The van der Waals surface area contributed by atoms with Gasteiger partial charge in [-0.1, -0.05) is 54.3 Å². The zero-order chi connectivity index (χ0) is 19.5. The zero-order valence-electron chi connectivity index (χ0n) is 15.3. The largest absolute Gasteiger partial charge is 0.389 e. The third kappa shape index (κ3) is 7.65. The third-order valence-electron chi connectivity index (χ3n) is 4.25. The van der Waals surface area contributed by atoms with Crippen molar-refractivity contribution in [1.82, 2.24) is 4.90 Å². The first-order chi connectivity index (χ1) is 13.1. The third-order valence-corrected chi connectivity index (χ3v) is 4.25. The second-order valence-electron chi connectivity index (χ2n) is 6.44. The van der Waals surface area contributed by atoms with Crippen LogP contribution in [0.2, 0.25) is 0 Å². The Morgan fingerprint density at radius 1 is 1.37 bits per heavy atom. The lowest BCUT2D eigenvalue weighted by Gasteiger charge is -2.32. The minimum Gasteiger partial charge on any atom is -0.389 e. The number of rotatable bonds is 8.